The number of thioether (sulfide) groups is 1. The monoisotopic (exact) mass is 596 g/mol. The van der Waals surface area contributed by atoms with Gasteiger partial charge in [-0.3, -0.25) is 14.4 Å². The Bertz CT molecular complexity index is 1690. The third kappa shape index (κ3) is 7.35. The highest BCUT2D eigenvalue weighted by molar-refractivity contribution is 8.00. The number of amides is 2. The molecule has 4 aromatic carbocycles. The molecule has 0 bridgehead atoms. The molecule has 0 aliphatic carbocycles. The van der Waals surface area contributed by atoms with Gasteiger partial charge in [-0.25, -0.2) is 0 Å². The second kappa shape index (κ2) is 13.6. The van der Waals surface area contributed by atoms with Gasteiger partial charge in [0.15, 0.2) is 17.3 Å². The van der Waals surface area contributed by atoms with E-state index in [1.165, 1.54) is 24.9 Å². The Hall–Kier alpha value is -5.22. The Morgan fingerprint density at radius 2 is 1.65 bits per heavy atom. The Balaban J connectivity index is 1.32. The molecule has 43 heavy (non-hydrogen) atoms. The van der Waals surface area contributed by atoms with Crippen LogP contribution in [0.25, 0.3) is 6.08 Å². The lowest BCUT2D eigenvalue weighted by molar-refractivity contribution is -0.113. The lowest BCUT2D eigenvalue weighted by atomic mass is 10.1. The van der Waals surface area contributed by atoms with E-state index in [4.69, 9.17) is 18.9 Å². The number of hydrogen-bond donors (Lipinski definition) is 2. The van der Waals surface area contributed by atoms with E-state index >= 15 is 0 Å². The lowest BCUT2D eigenvalue weighted by Gasteiger charge is -2.13. The van der Waals surface area contributed by atoms with E-state index in [0.717, 1.165) is 4.90 Å². The molecule has 5 rings (SSSR count). The Morgan fingerprint density at radius 3 is 2.44 bits per heavy atom. The number of rotatable bonds is 11. The normalized spacial score (nSPS) is 11.9. The number of ether oxygens (including phenoxy) is 4. The maximum atomic E-state index is 13.5. The van der Waals surface area contributed by atoms with E-state index in [9.17, 15) is 14.4 Å². The van der Waals surface area contributed by atoms with E-state index in [1.54, 1.807) is 92.0 Å². The minimum atomic E-state index is -0.541. The molecule has 218 valence electrons. The molecular weight excluding hydrogens is 568 g/mol. The highest BCUT2D eigenvalue weighted by Crippen LogP contribution is 2.33. The highest BCUT2D eigenvalue weighted by atomic mass is 32.2. The van der Waals surface area contributed by atoms with Crippen LogP contribution in [0.2, 0.25) is 0 Å². The summed E-state index contributed by atoms with van der Waals surface area (Å²) in [5.74, 6) is 1.35. The second-order valence-corrected chi connectivity index (χ2v) is 10.3. The van der Waals surface area contributed by atoms with Crippen molar-refractivity contribution in [1.29, 1.82) is 0 Å². The van der Waals surface area contributed by atoms with Crippen LogP contribution >= 0.6 is 11.8 Å². The molecule has 10 heteroatoms. The number of nitrogens with one attached hydrogen (secondary N) is 2. The fraction of sp³-hybridized carbons (Fsp3) is 0.121. The molecule has 0 saturated carbocycles. The van der Waals surface area contributed by atoms with Crippen LogP contribution in [0.4, 0.5) is 5.69 Å². The van der Waals surface area contributed by atoms with Crippen LogP contribution in [0.3, 0.4) is 0 Å². The summed E-state index contributed by atoms with van der Waals surface area (Å²) in [7, 11) is 3.05. The minimum Gasteiger partial charge on any atom is -0.497 e. The van der Waals surface area contributed by atoms with Crippen molar-refractivity contribution in [3.63, 3.8) is 0 Å². The van der Waals surface area contributed by atoms with Crippen LogP contribution in [0.1, 0.15) is 26.3 Å². The molecule has 9 nitrogen and oxygen atoms in total. The van der Waals surface area contributed by atoms with Gasteiger partial charge in [0.05, 0.1) is 20.0 Å². The number of anilines is 1. The zero-order chi connectivity index (χ0) is 30.2. The van der Waals surface area contributed by atoms with E-state index in [1.807, 2.05) is 6.07 Å². The lowest BCUT2D eigenvalue weighted by Crippen LogP contribution is -2.30. The van der Waals surface area contributed by atoms with Gasteiger partial charge in [-0.05, 0) is 66.7 Å². The summed E-state index contributed by atoms with van der Waals surface area (Å²) < 4.78 is 21.4. The first-order valence-corrected chi connectivity index (χ1v) is 14.2. The van der Waals surface area contributed by atoms with Crippen molar-refractivity contribution in [2.24, 2.45) is 0 Å². The third-order valence-corrected chi connectivity index (χ3v) is 7.42. The van der Waals surface area contributed by atoms with Gasteiger partial charge in [-0.15, -0.1) is 11.8 Å². The van der Waals surface area contributed by atoms with Gasteiger partial charge in [0.25, 0.3) is 11.8 Å². The van der Waals surface area contributed by atoms with Gasteiger partial charge in [-0.1, -0.05) is 24.3 Å². The molecule has 0 saturated heterocycles. The van der Waals surface area contributed by atoms with Crippen molar-refractivity contribution in [2.75, 3.05) is 32.1 Å². The summed E-state index contributed by atoms with van der Waals surface area (Å²) in [5.41, 5.74) is 1.99. The molecule has 0 spiro atoms. The fourth-order valence-corrected chi connectivity index (χ4v) is 5.05. The SMILES string of the molecule is COc1ccc(/C=C(\NC(=O)c2ccccc2)C(=O)Nc2cccc(SCC(=O)c3ccc4c(c3)OCO4)c2)c(OC)c1. The van der Waals surface area contributed by atoms with E-state index in [-0.39, 0.29) is 24.0 Å². The molecule has 1 aliphatic rings. The number of Topliss-reactive ketones (excluding diaryl/α,β-unsaturated/α-hetero) is 1. The number of carbonyl (C=O) groups excluding carboxylic acids is 3. The number of methoxy groups -OCH3 is 2. The molecule has 0 atom stereocenters. The summed E-state index contributed by atoms with van der Waals surface area (Å²) in [5, 5.41) is 5.58. The molecule has 0 unspecified atom stereocenters. The van der Waals surface area contributed by atoms with Gasteiger partial charge in [-0.2, -0.15) is 0 Å². The molecule has 4 aromatic rings. The highest BCUT2D eigenvalue weighted by Gasteiger charge is 2.18. The largest absolute Gasteiger partial charge is 0.497 e. The number of ketones is 1. The first-order chi connectivity index (χ1) is 20.9. The smallest absolute Gasteiger partial charge is 0.272 e. The van der Waals surface area contributed by atoms with Gasteiger partial charge >= 0.3 is 0 Å². The third-order valence-electron chi connectivity index (χ3n) is 6.43. The zero-order valence-corrected chi connectivity index (χ0v) is 24.2. The van der Waals surface area contributed by atoms with Crippen molar-refractivity contribution in [2.45, 2.75) is 4.90 Å². The summed E-state index contributed by atoms with van der Waals surface area (Å²) in [6.07, 6.45) is 1.54. The van der Waals surface area contributed by atoms with Gasteiger partial charge < -0.3 is 29.6 Å². The van der Waals surface area contributed by atoms with Crippen molar-refractivity contribution < 1.29 is 33.3 Å². The average Bonchev–Trinajstić information content (AvgIpc) is 3.52. The van der Waals surface area contributed by atoms with Crippen molar-refractivity contribution >= 4 is 41.1 Å². The van der Waals surface area contributed by atoms with Crippen LogP contribution in [-0.4, -0.2) is 44.4 Å². The molecule has 0 fully saturated rings. The van der Waals surface area contributed by atoms with Crippen LogP contribution in [0.15, 0.2) is 102 Å². The fourth-order valence-electron chi connectivity index (χ4n) is 4.20. The standard InChI is InChI=1S/C33H28N2O7S/c1-39-25-13-11-23(30(18-25)40-2)15-27(35-32(37)21-7-4-3-5-8-21)33(38)34-24-9-6-10-26(17-24)43-19-28(36)22-12-14-29-31(16-22)42-20-41-29/h3-18H,19-20H2,1-2H3,(H,34,38)(H,35,37)/b27-15-. The topological polar surface area (TPSA) is 112 Å². The number of hydrogen-bond acceptors (Lipinski definition) is 8. The molecule has 0 aromatic heterocycles. The van der Waals surface area contributed by atoms with E-state index < -0.39 is 11.8 Å². The maximum Gasteiger partial charge on any atom is 0.272 e. The molecule has 1 aliphatic heterocycles. The number of benzene rings is 4. The Morgan fingerprint density at radius 1 is 0.837 bits per heavy atom. The van der Waals surface area contributed by atoms with Crippen molar-refractivity contribution in [1.82, 2.24) is 5.32 Å². The van der Waals surface area contributed by atoms with Crippen LogP contribution in [-0.2, 0) is 4.79 Å². The first kappa shape index (κ1) is 29.3. The van der Waals surface area contributed by atoms with Gasteiger partial charge in [0, 0.05) is 33.3 Å². The van der Waals surface area contributed by atoms with Crippen LogP contribution in [0.5, 0.6) is 23.0 Å². The summed E-state index contributed by atoms with van der Waals surface area (Å²) >= 11 is 1.34. The Labute approximate surface area is 252 Å². The minimum absolute atomic E-state index is 0.00774. The molecule has 2 N–H and O–H groups in total. The first-order valence-electron chi connectivity index (χ1n) is 13.2. The quantitative estimate of drug-likeness (QED) is 0.127. The number of fused-ring (bicyclic) bond motifs is 1. The van der Waals surface area contributed by atoms with Gasteiger partial charge in [0.1, 0.15) is 17.2 Å². The molecule has 2 amide bonds. The van der Waals surface area contributed by atoms with Crippen molar-refractivity contribution in [3.05, 3.63) is 113 Å². The summed E-state index contributed by atoms with van der Waals surface area (Å²) in [6.45, 7) is 0.140. The van der Waals surface area contributed by atoms with Crippen LogP contribution < -0.4 is 29.6 Å². The average molecular weight is 597 g/mol. The zero-order valence-electron chi connectivity index (χ0n) is 23.4. The van der Waals surface area contributed by atoms with E-state index in [2.05, 4.69) is 10.6 Å². The molecule has 0 radical (unpaired) electrons. The van der Waals surface area contributed by atoms with Gasteiger partial charge in [0.2, 0.25) is 6.79 Å². The Kier molecular flexibility index (Phi) is 9.28. The maximum absolute atomic E-state index is 13.5. The van der Waals surface area contributed by atoms with E-state index in [0.29, 0.717) is 45.4 Å². The molecular formula is C33H28N2O7S. The summed E-state index contributed by atoms with van der Waals surface area (Å²) in [4.78, 5) is 40.1. The predicted molar refractivity (Wildman–Crippen MR) is 164 cm³/mol. The summed E-state index contributed by atoms with van der Waals surface area (Å²) in [6, 6.07) is 26.0. The second-order valence-electron chi connectivity index (χ2n) is 9.25. The number of carbonyl (C=O) groups is 3. The molecule has 1 heterocycles. The predicted octanol–water partition coefficient (Wildman–Crippen LogP) is 5.82. The van der Waals surface area contributed by atoms with Crippen molar-refractivity contribution in [3.8, 4) is 23.0 Å². The van der Waals surface area contributed by atoms with Crippen LogP contribution in [0, 0.1) is 0 Å².